The number of ketones is 1. The molecule has 2 aliphatic rings. The number of hydrogen-bond acceptors (Lipinski definition) is 1. The number of carbonyl (C=O) groups excluding carboxylic acids is 1. The summed E-state index contributed by atoms with van der Waals surface area (Å²) in [6.07, 6.45) is 8.76. The van der Waals surface area contributed by atoms with Crippen LogP contribution in [0.4, 0.5) is 0 Å². The summed E-state index contributed by atoms with van der Waals surface area (Å²) in [5.74, 6) is 0.126. The molecule has 4 rings (SSSR count). The molecule has 0 saturated carbocycles. The maximum absolute atomic E-state index is 12.0. The Morgan fingerprint density at radius 3 is 2.77 bits per heavy atom. The summed E-state index contributed by atoms with van der Waals surface area (Å²) in [5.41, 5.74) is 5.36. The first-order valence-electron chi connectivity index (χ1n) is 7.86. The Bertz CT molecular complexity index is 902. The van der Waals surface area contributed by atoms with Gasteiger partial charge in [0.15, 0.2) is 5.78 Å². The van der Waals surface area contributed by atoms with Gasteiger partial charge in [-0.25, -0.2) is 0 Å². The van der Waals surface area contributed by atoms with E-state index in [4.69, 9.17) is 0 Å². The second kappa shape index (κ2) is 5.10. The van der Waals surface area contributed by atoms with Crippen LogP contribution in [0.2, 0.25) is 0 Å². The number of fused-ring (bicyclic) bond motifs is 5. The first kappa shape index (κ1) is 13.3. The average molecular weight is 286 g/mol. The molecular formula is C21H18O. The molecule has 22 heavy (non-hydrogen) atoms. The van der Waals surface area contributed by atoms with Crippen molar-refractivity contribution in [3.8, 4) is 11.1 Å². The van der Waals surface area contributed by atoms with Crippen molar-refractivity contribution >= 4 is 17.9 Å². The minimum Gasteiger partial charge on any atom is -0.294 e. The second-order valence-corrected chi connectivity index (χ2v) is 6.08. The lowest BCUT2D eigenvalue weighted by Crippen LogP contribution is -2.36. The summed E-state index contributed by atoms with van der Waals surface area (Å²) in [6, 6.07) is 13.1. The molecule has 0 heterocycles. The molecule has 0 N–H and O–H groups in total. The van der Waals surface area contributed by atoms with E-state index < -0.39 is 0 Å². The molecule has 0 aromatic heterocycles. The topological polar surface area (TPSA) is 17.1 Å². The van der Waals surface area contributed by atoms with E-state index >= 15 is 0 Å². The van der Waals surface area contributed by atoms with Gasteiger partial charge in [0.2, 0.25) is 0 Å². The van der Waals surface area contributed by atoms with Gasteiger partial charge in [0.05, 0.1) is 0 Å². The van der Waals surface area contributed by atoms with Crippen molar-refractivity contribution in [3.05, 3.63) is 70.6 Å². The predicted molar refractivity (Wildman–Crippen MR) is 90.8 cm³/mol. The number of carbonyl (C=O) groups is 1. The third-order valence-electron chi connectivity index (χ3n) is 4.87. The monoisotopic (exact) mass is 286 g/mol. The van der Waals surface area contributed by atoms with Gasteiger partial charge in [0, 0.05) is 5.92 Å². The number of rotatable bonds is 2. The summed E-state index contributed by atoms with van der Waals surface area (Å²) in [6.45, 7) is 3.63. The lowest BCUT2D eigenvalue weighted by Gasteiger charge is -2.20. The largest absolute Gasteiger partial charge is 0.294 e. The minimum absolute atomic E-state index is 0.0120. The van der Waals surface area contributed by atoms with Crippen LogP contribution in [-0.4, -0.2) is 5.78 Å². The van der Waals surface area contributed by atoms with E-state index in [2.05, 4.69) is 55.1 Å². The standard InChI is InChI=1S/C21H18O/c1-2-21(22)16-8-7-15-10-11-18-17-6-4-3-5-14(17)9-12-19(18)20(15)13-16/h2-6,10-13,16H,1,7-9H2. The number of allylic oxidation sites excluding steroid dienone is 1. The zero-order valence-corrected chi connectivity index (χ0v) is 12.5. The van der Waals surface area contributed by atoms with Crippen LogP contribution in [0.3, 0.4) is 0 Å². The van der Waals surface area contributed by atoms with Gasteiger partial charge in [-0.05, 0) is 58.0 Å². The Hall–Kier alpha value is -2.41. The Morgan fingerprint density at radius 1 is 1.05 bits per heavy atom. The molecule has 0 fully saturated rings. The highest BCUT2D eigenvalue weighted by atomic mass is 16.1. The fraction of sp³-hybridized carbons (Fsp3) is 0.190. The maximum Gasteiger partial charge on any atom is 0.161 e. The smallest absolute Gasteiger partial charge is 0.161 e. The van der Waals surface area contributed by atoms with Crippen molar-refractivity contribution in [2.45, 2.75) is 19.3 Å². The zero-order valence-electron chi connectivity index (χ0n) is 12.5. The Labute approximate surface area is 130 Å². The van der Waals surface area contributed by atoms with Crippen molar-refractivity contribution in [1.29, 1.82) is 0 Å². The molecule has 1 unspecified atom stereocenters. The van der Waals surface area contributed by atoms with Crippen molar-refractivity contribution in [3.63, 3.8) is 0 Å². The first-order chi connectivity index (χ1) is 10.8. The van der Waals surface area contributed by atoms with Gasteiger partial charge < -0.3 is 0 Å². The van der Waals surface area contributed by atoms with Crippen LogP contribution in [0.5, 0.6) is 0 Å². The van der Waals surface area contributed by atoms with E-state index in [0.29, 0.717) is 0 Å². The Morgan fingerprint density at radius 2 is 1.91 bits per heavy atom. The van der Waals surface area contributed by atoms with Gasteiger partial charge in [-0.15, -0.1) is 0 Å². The van der Waals surface area contributed by atoms with Crippen molar-refractivity contribution < 1.29 is 4.79 Å². The fourth-order valence-corrected chi connectivity index (χ4v) is 3.70. The highest BCUT2D eigenvalue weighted by Gasteiger charge is 2.20. The van der Waals surface area contributed by atoms with Gasteiger partial charge in [0.1, 0.15) is 0 Å². The van der Waals surface area contributed by atoms with E-state index in [-0.39, 0.29) is 11.7 Å². The number of hydrogen-bond donors (Lipinski definition) is 0. The van der Waals surface area contributed by atoms with Crippen LogP contribution in [0.25, 0.3) is 23.3 Å². The second-order valence-electron chi connectivity index (χ2n) is 6.08. The van der Waals surface area contributed by atoms with E-state index in [1.165, 1.54) is 38.8 Å². The highest BCUT2D eigenvalue weighted by molar-refractivity contribution is 5.95. The van der Waals surface area contributed by atoms with Gasteiger partial charge in [0.25, 0.3) is 0 Å². The highest BCUT2D eigenvalue weighted by Crippen LogP contribution is 2.25. The predicted octanol–water partition coefficient (Wildman–Crippen LogP) is 2.79. The maximum atomic E-state index is 12.0. The summed E-state index contributed by atoms with van der Waals surface area (Å²) in [4.78, 5) is 12.0. The molecular weight excluding hydrogens is 268 g/mol. The molecule has 2 aromatic carbocycles. The molecule has 1 heteroatoms. The lowest BCUT2D eigenvalue weighted by molar-refractivity contribution is -0.116. The normalized spacial score (nSPS) is 18.1. The molecule has 0 aliphatic heterocycles. The average Bonchev–Trinajstić information content (AvgIpc) is 2.60. The zero-order chi connectivity index (χ0) is 15.1. The molecule has 0 radical (unpaired) electrons. The van der Waals surface area contributed by atoms with Crippen LogP contribution in [0.1, 0.15) is 17.5 Å². The fourth-order valence-electron chi connectivity index (χ4n) is 3.70. The molecule has 0 bridgehead atoms. The molecule has 108 valence electrons. The van der Waals surface area contributed by atoms with E-state index in [1.54, 1.807) is 0 Å². The molecule has 0 amide bonds. The van der Waals surface area contributed by atoms with Crippen LogP contribution in [0.15, 0.2) is 49.1 Å². The van der Waals surface area contributed by atoms with Gasteiger partial charge in [-0.2, -0.15) is 0 Å². The number of aryl methyl sites for hydroxylation is 1. The summed E-state index contributed by atoms with van der Waals surface area (Å²) >= 11 is 0. The molecule has 1 nitrogen and oxygen atoms in total. The van der Waals surface area contributed by atoms with Crippen LogP contribution in [-0.2, 0) is 17.6 Å². The van der Waals surface area contributed by atoms with E-state index in [9.17, 15) is 4.79 Å². The summed E-state index contributed by atoms with van der Waals surface area (Å²) in [7, 11) is 0. The van der Waals surface area contributed by atoms with Gasteiger partial charge in [-0.3, -0.25) is 4.79 Å². The molecule has 2 aromatic rings. The summed E-state index contributed by atoms with van der Waals surface area (Å²) in [5, 5.41) is 2.57. The number of benzene rings is 2. The molecule has 2 aliphatic carbocycles. The molecule has 0 spiro atoms. The first-order valence-corrected chi connectivity index (χ1v) is 7.86. The van der Waals surface area contributed by atoms with Gasteiger partial charge >= 0.3 is 0 Å². The van der Waals surface area contributed by atoms with Gasteiger partial charge in [-0.1, -0.05) is 55.1 Å². The third-order valence-corrected chi connectivity index (χ3v) is 4.87. The van der Waals surface area contributed by atoms with E-state index in [0.717, 1.165) is 19.3 Å². The lowest BCUT2D eigenvalue weighted by atomic mass is 9.83. The Balaban J connectivity index is 1.97. The van der Waals surface area contributed by atoms with Crippen molar-refractivity contribution in [1.82, 2.24) is 0 Å². The quantitative estimate of drug-likeness (QED) is 0.776. The van der Waals surface area contributed by atoms with Crippen LogP contribution in [0, 0.1) is 5.92 Å². The van der Waals surface area contributed by atoms with Crippen molar-refractivity contribution in [2.24, 2.45) is 5.92 Å². The summed E-state index contributed by atoms with van der Waals surface area (Å²) < 4.78 is 0. The molecule has 1 atom stereocenters. The van der Waals surface area contributed by atoms with E-state index in [1.807, 2.05) is 0 Å². The molecule has 0 saturated heterocycles. The third kappa shape index (κ3) is 1.97. The van der Waals surface area contributed by atoms with Crippen molar-refractivity contribution in [2.75, 3.05) is 0 Å². The Kier molecular flexibility index (Phi) is 3.07. The minimum atomic E-state index is -0.0120. The van der Waals surface area contributed by atoms with Crippen LogP contribution >= 0.6 is 0 Å². The SMILES string of the molecule is C=CC(=O)C1C=c2c(ccc3c2=CCc2ccccc2-3)CC1. The van der Waals surface area contributed by atoms with Crippen LogP contribution < -0.4 is 10.4 Å².